The summed E-state index contributed by atoms with van der Waals surface area (Å²) in [4.78, 5) is 23.0. The average molecular weight is 221 g/mol. The molecule has 0 spiro atoms. The molecule has 0 bridgehead atoms. The second-order valence-corrected chi connectivity index (χ2v) is 3.74. The molecule has 1 saturated heterocycles. The van der Waals surface area contributed by atoms with Gasteiger partial charge < -0.3 is 10.6 Å². The highest BCUT2D eigenvalue weighted by atomic mass is 16.6. The zero-order valence-corrected chi connectivity index (χ0v) is 8.50. The number of benzene rings is 1. The first-order valence-electron chi connectivity index (χ1n) is 4.88. The number of non-ortho nitro benzene ring substituents is 1. The van der Waals surface area contributed by atoms with Crippen molar-refractivity contribution >= 4 is 17.3 Å². The first kappa shape index (κ1) is 10.6. The molecule has 0 aromatic heterocycles. The zero-order valence-electron chi connectivity index (χ0n) is 8.50. The summed E-state index contributed by atoms with van der Waals surface area (Å²) in [6, 6.07) is 5.74. The highest BCUT2D eigenvalue weighted by Crippen LogP contribution is 2.23. The van der Waals surface area contributed by atoms with E-state index in [0.717, 1.165) is 0 Å². The number of hydrogen-bond donors (Lipinski definition) is 1. The SMILES string of the molecule is NC1CC(=O)N(c2ccc([N+](=O)[O-])cc2)C1. The molecule has 1 aliphatic heterocycles. The first-order chi connectivity index (χ1) is 7.58. The van der Waals surface area contributed by atoms with Gasteiger partial charge in [0, 0.05) is 36.8 Å². The fraction of sp³-hybridized carbons (Fsp3) is 0.300. The molecular formula is C10H11N3O3. The van der Waals surface area contributed by atoms with Crippen molar-refractivity contribution in [2.24, 2.45) is 5.73 Å². The smallest absolute Gasteiger partial charge is 0.269 e. The maximum Gasteiger partial charge on any atom is 0.269 e. The van der Waals surface area contributed by atoms with Gasteiger partial charge in [0.2, 0.25) is 5.91 Å². The summed E-state index contributed by atoms with van der Waals surface area (Å²) in [6.07, 6.45) is 0.330. The largest absolute Gasteiger partial charge is 0.326 e. The van der Waals surface area contributed by atoms with Crippen LogP contribution in [-0.4, -0.2) is 23.4 Å². The Labute approximate surface area is 91.8 Å². The van der Waals surface area contributed by atoms with Gasteiger partial charge in [-0.2, -0.15) is 0 Å². The van der Waals surface area contributed by atoms with Crippen molar-refractivity contribution in [2.45, 2.75) is 12.5 Å². The predicted molar refractivity (Wildman–Crippen MR) is 58.0 cm³/mol. The van der Waals surface area contributed by atoms with Crippen molar-refractivity contribution in [3.05, 3.63) is 34.4 Å². The van der Waals surface area contributed by atoms with E-state index in [9.17, 15) is 14.9 Å². The number of rotatable bonds is 2. The van der Waals surface area contributed by atoms with Crippen LogP contribution in [0.15, 0.2) is 24.3 Å². The Morgan fingerprint density at radius 1 is 1.38 bits per heavy atom. The number of nitrogens with two attached hydrogens (primary N) is 1. The van der Waals surface area contributed by atoms with Gasteiger partial charge in [0.25, 0.3) is 5.69 Å². The van der Waals surface area contributed by atoms with Crippen LogP contribution in [0.3, 0.4) is 0 Å². The summed E-state index contributed by atoms with van der Waals surface area (Å²) >= 11 is 0. The Hall–Kier alpha value is -1.95. The third-order valence-electron chi connectivity index (χ3n) is 2.53. The van der Waals surface area contributed by atoms with Crippen molar-refractivity contribution in [1.29, 1.82) is 0 Å². The summed E-state index contributed by atoms with van der Waals surface area (Å²) in [5.74, 6) is -0.0404. The Morgan fingerprint density at radius 2 is 2.00 bits per heavy atom. The minimum Gasteiger partial charge on any atom is -0.326 e. The normalized spacial score (nSPS) is 20.2. The van der Waals surface area contributed by atoms with E-state index in [1.807, 2.05) is 0 Å². The molecule has 0 radical (unpaired) electrons. The monoisotopic (exact) mass is 221 g/mol. The van der Waals surface area contributed by atoms with Crippen LogP contribution in [0.4, 0.5) is 11.4 Å². The second kappa shape index (κ2) is 3.90. The number of nitrogens with zero attached hydrogens (tertiary/aromatic N) is 2. The van der Waals surface area contributed by atoms with Crippen LogP contribution in [0.25, 0.3) is 0 Å². The van der Waals surface area contributed by atoms with Crippen LogP contribution in [0.2, 0.25) is 0 Å². The maximum absolute atomic E-state index is 11.5. The van der Waals surface area contributed by atoms with Gasteiger partial charge in [0.15, 0.2) is 0 Å². The van der Waals surface area contributed by atoms with Crippen molar-refractivity contribution in [3.63, 3.8) is 0 Å². The van der Waals surface area contributed by atoms with Crippen molar-refractivity contribution in [2.75, 3.05) is 11.4 Å². The number of carbonyl (C=O) groups is 1. The lowest BCUT2D eigenvalue weighted by Crippen LogP contribution is -2.27. The lowest BCUT2D eigenvalue weighted by molar-refractivity contribution is -0.384. The van der Waals surface area contributed by atoms with Crippen molar-refractivity contribution in [3.8, 4) is 0 Å². The van der Waals surface area contributed by atoms with E-state index < -0.39 is 4.92 Å². The molecule has 1 amide bonds. The summed E-state index contributed by atoms with van der Waals surface area (Å²) in [5, 5.41) is 10.5. The molecule has 0 saturated carbocycles. The Kier molecular flexibility index (Phi) is 2.57. The average Bonchev–Trinajstić information content (AvgIpc) is 2.58. The second-order valence-electron chi connectivity index (χ2n) is 3.74. The lowest BCUT2D eigenvalue weighted by atomic mass is 10.2. The topological polar surface area (TPSA) is 89.5 Å². The fourth-order valence-electron chi connectivity index (χ4n) is 1.74. The molecule has 1 fully saturated rings. The zero-order chi connectivity index (χ0) is 11.7. The van der Waals surface area contributed by atoms with Gasteiger partial charge in [-0.3, -0.25) is 14.9 Å². The van der Waals surface area contributed by atoms with E-state index >= 15 is 0 Å². The molecule has 1 heterocycles. The molecule has 16 heavy (non-hydrogen) atoms. The van der Waals surface area contributed by atoms with Gasteiger partial charge in [-0.25, -0.2) is 0 Å². The predicted octanol–water partition coefficient (Wildman–Crippen LogP) is 0.659. The minimum absolute atomic E-state index is 0.0136. The van der Waals surface area contributed by atoms with E-state index in [1.165, 1.54) is 12.1 Å². The molecular weight excluding hydrogens is 210 g/mol. The fourth-order valence-corrected chi connectivity index (χ4v) is 1.74. The van der Waals surface area contributed by atoms with E-state index in [-0.39, 0.29) is 17.6 Å². The third-order valence-corrected chi connectivity index (χ3v) is 2.53. The van der Waals surface area contributed by atoms with Gasteiger partial charge >= 0.3 is 0 Å². The van der Waals surface area contributed by atoms with Gasteiger partial charge in [0.05, 0.1) is 4.92 Å². The van der Waals surface area contributed by atoms with Crippen LogP contribution in [0.5, 0.6) is 0 Å². The van der Waals surface area contributed by atoms with Gasteiger partial charge in [-0.05, 0) is 12.1 Å². The molecule has 6 nitrogen and oxygen atoms in total. The number of nitro groups is 1. The number of amides is 1. The van der Waals surface area contributed by atoms with Crippen LogP contribution in [-0.2, 0) is 4.79 Å². The Morgan fingerprint density at radius 3 is 2.44 bits per heavy atom. The number of hydrogen-bond acceptors (Lipinski definition) is 4. The lowest BCUT2D eigenvalue weighted by Gasteiger charge is -2.15. The van der Waals surface area contributed by atoms with E-state index in [1.54, 1.807) is 17.0 Å². The van der Waals surface area contributed by atoms with E-state index in [2.05, 4.69) is 0 Å². The van der Waals surface area contributed by atoms with E-state index in [4.69, 9.17) is 5.73 Å². The van der Waals surface area contributed by atoms with Crippen LogP contribution < -0.4 is 10.6 Å². The van der Waals surface area contributed by atoms with Gasteiger partial charge in [-0.1, -0.05) is 0 Å². The molecule has 2 N–H and O–H groups in total. The maximum atomic E-state index is 11.5. The standard InChI is InChI=1S/C10H11N3O3/c11-7-5-10(14)12(6-7)8-1-3-9(4-2-8)13(15)16/h1-4,7H,5-6,11H2. The van der Waals surface area contributed by atoms with Crippen LogP contribution in [0, 0.1) is 10.1 Å². The highest BCUT2D eigenvalue weighted by molar-refractivity contribution is 5.96. The summed E-state index contributed by atoms with van der Waals surface area (Å²) in [7, 11) is 0. The molecule has 6 heteroatoms. The molecule has 1 atom stereocenters. The summed E-state index contributed by atoms with van der Waals surface area (Å²) in [5.41, 5.74) is 6.33. The minimum atomic E-state index is -0.471. The van der Waals surface area contributed by atoms with Gasteiger partial charge in [0.1, 0.15) is 0 Å². The van der Waals surface area contributed by atoms with Crippen molar-refractivity contribution < 1.29 is 9.72 Å². The molecule has 1 aromatic carbocycles. The van der Waals surface area contributed by atoms with Crippen LogP contribution >= 0.6 is 0 Å². The molecule has 2 rings (SSSR count). The molecule has 1 aliphatic rings. The number of anilines is 1. The molecule has 0 aliphatic carbocycles. The Balaban J connectivity index is 2.22. The van der Waals surface area contributed by atoms with Crippen LogP contribution in [0.1, 0.15) is 6.42 Å². The summed E-state index contributed by atoms with van der Waals surface area (Å²) < 4.78 is 0. The molecule has 1 unspecified atom stereocenters. The highest BCUT2D eigenvalue weighted by Gasteiger charge is 2.28. The van der Waals surface area contributed by atoms with Crippen molar-refractivity contribution in [1.82, 2.24) is 0 Å². The van der Waals surface area contributed by atoms with Gasteiger partial charge in [-0.15, -0.1) is 0 Å². The number of nitro benzene ring substituents is 1. The molecule has 84 valence electrons. The molecule has 1 aromatic rings. The summed E-state index contributed by atoms with van der Waals surface area (Å²) in [6.45, 7) is 0.469. The van der Waals surface area contributed by atoms with E-state index in [0.29, 0.717) is 18.7 Å². The third kappa shape index (κ3) is 1.87. The first-order valence-corrected chi connectivity index (χ1v) is 4.88. The Bertz CT molecular complexity index is 429. The quantitative estimate of drug-likeness (QED) is 0.586. The number of carbonyl (C=O) groups excluding carboxylic acids is 1.